The molecular weight excluding hydrogens is 367 g/mol. The van der Waals surface area contributed by atoms with Crippen LogP contribution in [-0.2, 0) is 22.7 Å². The van der Waals surface area contributed by atoms with E-state index < -0.39 is 0 Å². The Morgan fingerprint density at radius 1 is 1.10 bits per heavy atom. The van der Waals surface area contributed by atoms with Crippen molar-refractivity contribution >= 4 is 5.91 Å². The SMILES string of the molecule is CC(C)=CCN1CC(=O)N(Cc2ccccc2)CC(OCc2cccc(F)c2)C1. The van der Waals surface area contributed by atoms with Gasteiger partial charge in [-0.2, -0.15) is 0 Å². The number of hydrogen-bond acceptors (Lipinski definition) is 3. The van der Waals surface area contributed by atoms with Gasteiger partial charge in [0.2, 0.25) is 5.91 Å². The van der Waals surface area contributed by atoms with Gasteiger partial charge in [-0.05, 0) is 37.1 Å². The number of benzene rings is 2. The monoisotopic (exact) mass is 396 g/mol. The number of nitrogens with zero attached hydrogens (tertiary/aromatic N) is 2. The molecule has 2 aromatic rings. The second-order valence-corrected chi connectivity index (χ2v) is 7.80. The van der Waals surface area contributed by atoms with Crippen LogP contribution in [0.2, 0.25) is 0 Å². The highest BCUT2D eigenvalue weighted by molar-refractivity contribution is 5.78. The van der Waals surface area contributed by atoms with Crippen LogP contribution < -0.4 is 0 Å². The third kappa shape index (κ3) is 6.80. The minimum atomic E-state index is -0.266. The molecule has 1 amide bonds. The van der Waals surface area contributed by atoms with E-state index in [9.17, 15) is 9.18 Å². The molecular formula is C24H29FN2O2. The summed E-state index contributed by atoms with van der Waals surface area (Å²) in [6, 6.07) is 16.5. The molecule has 1 unspecified atom stereocenters. The fraction of sp³-hybridized carbons (Fsp3) is 0.375. The summed E-state index contributed by atoms with van der Waals surface area (Å²) in [6.45, 7) is 7.27. The Labute approximate surface area is 172 Å². The standard InChI is InChI=1S/C24H29FN2O2/c1-19(2)11-12-26-15-23(29-18-21-9-6-10-22(25)13-21)16-27(24(28)17-26)14-20-7-4-3-5-8-20/h3-11,13,23H,12,14-18H2,1-2H3. The predicted molar refractivity (Wildman–Crippen MR) is 113 cm³/mol. The Hall–Kier alpha value is -2.50. The Bertz CT molecular complexity index is 834. The van der Waals surface area contributed by atoms with Crippen LogP contribution in [0.15, 0.2) is 66.2 Å². The summed E-state index contributed by atoms with van der Waals surface area (Å²) in [6.07, 6.45) is 1.99. The maximum Gasteiger partial charge on any atom is 0.237 e. The third-order valence-corrected chi connectivity index (χ3v) is 4.95. The van der Waals surface area contributed by atoms with Gasteiger partial charge >= 0.3 is 0 Å². The molecule has 1 aliphatic rings. The fourth-order valence-corrected chi connectivity index (χ4v) is 3.40. The first kappa shape index (κ1) is 21.2. The van der Waals surface area contributed by atoms with E-state index in [4.69, 9.17) is 4.74 Å². The van der Waals surface area contributed by atoms with Gasteiger partial charge in [-0.1, -0.05) is 54.1 Å². The highest BCUT2D eigenvalue weighted by Crippen LogP contribution is 2.15. The first-order valence-electron chi connectivity index (χ1n) is 10.0. The smallest absolute Gasteiger partial charge is 0.237 e. The first-order chi connectivity index (χ1) is 14.0. The molecule has 0 aromatic heterocycles. The summed E-state index contributed by atoms with van der Waals surface area (Å²) in [5.74, 6) is -0.161. The normalized spacial score (nSPS) is 17.8. The van der Waals surface area contributed by atoms with Crippen LogP contribution in [0, 0.1) is 5.82 Å². The van der Waals surface area contributed by atoms with Gasteiger partial charge in [-0.3, -0.25) is 9.69 Å². The number of carbonyl (C=O) groups is 1. The van der Waals surface area contributed by atoms with E-state index in [1.54, 1.807) is 6.07 Å². The summed E-state index contributed by atoms with van der Waals surface area (Å²) >= 11 is 0. The van der Waals surface area contributed by atoms with Gasteiger partial charge in [0, 0.05) is 26.2 Å². The minimum absolute atomic E-state index is 0.105. The van der Waals surface area contributed by atoms with Gasteiger partial charge in [-0.25, -0.2) is 4.39 Å². The van der Waals surface area contributed by atoms with Crippen LogP contribution >= 0.6 is 0 Å². The van der Waals surface area contributed by atoms with Crippen LogP contribution in [0.25, 0.3) is 0 Å². The fourth-order valence-electron chi connectivity index (χ4n) is 3.40. The van der Waals surface area contributed by atoms with Crippen molar-refractivity contribution in [3.8, 4) is 0 Å². The van der Waals surface area contributed by atoms with Crippen molar-refractivity contribution in [2.45, 2.75) is 33.1 Å². The van der Waals surface area contributed by atoms with Crippen molar-refractivity contribution < 1.29 is 13.9 Å². The molecule has 1 aliphatic heterocycles. The van der Waals surface area contributed by atoms with Crippen LogP contribution in [0.1, 0.15) is 25.0 Å². The molecule has 2 aromatic carbocycles. The van der Waals surface area contributed by atoms with Gasteiger partial charge in [0.25, 0.3) is 0 Å². The summed E-state index contributed by atoms with van der Waals surface area (Å²) in [4.78, 5) is 16.9. The van der Waals surface area contributed by atoms with Crippen molar-refractivity contribution in [2.75, 3.05) is 26.2 Å². The largest absolute Gasteiger partial charge is 0.370 e. The molecule has 0 N–H and O–H groups in total. The average molecular weight is 397 g/mol. The van der Waals surface area contributed by atoms with Gasteiger partial charge in [0.15, 0.2) is 0 Å². The Morgan fingerprint density at radius 3 is 2.59 bits per heavy atom. The van der Waals surface area contributed by atoms with Crippen LogP contribution in [-0.4, -0.2) is 48.0 Å². The number of allylic oxidation sites excluding steroid dienone is 1. The molecule has 4 nitrogen and oxygen atoms in total. The molecule has 0 spiro atoms. The van der Waals surface area contributed by atoms with Crippen LogP contribution in [0.5, 0.6) is 0 Å². The molecule has 154 valence electrons. The number of carbonyl (C=O) groups excluding carboxylic acids is 1. The van der Waals surface area contributed by atoms with E-state index in [0.717, 1.165) is 11.1 Å². The highest BCUT2D eigenvalue weighted by atomic mass is 19.1. The maximum absolute atomic E-state index is 13.5. The number of hydrogen-bond donors (Lipinski definition) is 0. The second-order valence-electron chi connectivity index (χ2n) is 7.80. The Morgan fingerprint density at radius 2 is 1.86 bits per heavy atom. The lowest BCUT2D eigenvalue weighted by Crippen LogP contribution is -2.37. The molecule has 0 bridgehead atoms. The number of rotatable bonds is 7. The quantitative estimate of drug-likeness (QED) is 0.663. The van der Waals surface area contributed by atoms with Crippen molar-refractivity contribution in [1.29, 1.82) is 0 Å². The zero-order valence-electron chi connectivity index (χ0n) is 17.2. The topological polar surface area (TPSA) is 32.8 Å². The average Bonchev–Trinajstić information content (AvgIpc) is 2.84. The molecule has 0 aliphatic carbocycles. The minimum Gasteiger partial charge on any atom is -0.370 e. The maximum atomic E-state index is 13.5. The Balaban J connectivity index is 1.71. The zero-order chi connectivity index (χ0) is 20.6. The Kier molecular flexibility index (Phi) is 7.55. The molecule has 0 radical (unpaired) electrons. The molecule has 1 heterocycles. The van der Waals surface area contributed by atoms with Gasteiger partial charge in [-0.15, -0.1) is 0 Å². The van der Waals surface area contributed by atoms with E-state index in [1.807, 2.05) is 41.3 Å². The van der Waals surface area contributed by atoms with E-state index in [-0.39, 0.29) is 17.8 Å². The molecule has 1 fully saturated rings. The van der Waals surface area contributed by atoms with Crippen molar-refractivity contribution in [2.24, 2.45) is 0 Å². The molecule has 1 saturated heterocycles. The molecule has 29 heavy (non-hydrogen) atoms. The van der Waals surface area contributed by atoms with Crippen molar-refractivity contribution in [1.82, 2.24) is 9.80 Å². The van der Waals surface area contributed by atoms with Crippen LogP contribution in [0.4, 0.5) is 4.39 Å². The first-order valence-corrected chi connectivity index (χ1v) is 10.0. The van der Waals surface area contributed by atoms with E-state index in [0.29, 0.717) is 39.3 Å². The summed E-state index contributed by atoms with van der Waals surface area (Å²) < 4.78 is 19.6. The van der Waals surface area contributed by atoms with E-state index >= 15 is 0 Å². The highest BCUT2D eigenvalue weighted by Gasteiger charge is 2.28. The summed E-state index contributed by atoms with van der Waals surface area (Å²) in [5, 5.41) is 0. The van der Waals surface area contributed by atoms with E-state index in [2.05, 4.69) is 24.8 Å². The van der Waals surface area contributed by atoms with Gasteiger partial charge < -0.3 is 9.64 Å². The van der Waals surface area contributed by atoms with E-state index in [1.165, 1.54) is 17.7 Å². The molecule has 1 atom stereocenters. The predicted octanol–water partition coefficient (Wildman–Crippen LogP) is 4.02. The zero-order valence-corrected chi connectivity index (χ0v) is 17.2. The number of halogens is 1. The van der Waals surface area contributed by atoms with Gasteiger partial charge in [0.1, 0.15) is 5.82 Å². The number of amides is 1. The van der Waals surface area contributed by atoms with Crippen molar-refractivity contribution in [3.63, 3.8) is 0 Å². The lowest BCUT2D eigenvalue weighted by Gasteiger charge is -2.25. The van der Waals surface area contributed by atoms with Gasteiger partial charge in [0.05, 0.1) is 19.3 Å². The van der Waals surface area contributed by atoms with Crippen LogP contribution in [0.3, 0.4) is 0 Å². The molecule has 0 saturated carbocycles. The van der Waals surface area contributed by atoms with Crippen molar-refractivity contribution in [3.05, 3.63) is 83.2 Å². The molecule has 3 rings (SSSR count). The third-order valence-electron chi connectivity index (χ3n) is 4.95. The number of ether oxygens (including phenoxy) is 1. The molecule has 5 heteroatoms. The summed E-state index contributed by atoms with van der Waals surface area (Å²) in [7, 11) is 0. The lowest BCUT2D eigenvalue weighted by atomic mass is 10.2. The lowest BCUT2D eigenvalue weighted by molar-refractivity contribution is -0.132. The second kappa shape index (κ2) is 10.3. The summed E-state index contributed by atoms with van der Waals surface area (Å²) in [5.41, 5.74) is 3.12.